The van der Waals surface area contributed by atoms with Gasteiger partial charge in [-0.15, -0.1) is 0 Å². The van der Waals surface area contributed by atoms with Crippen LogP contribution in [0.25, 0.3) is 16.9 Å². The highest BCUT2D eigenvalue weighted by Gasteiger charge is 2.16. The van der Waals surface area contributed by atoms with E-state index in [0.717, 1.165) is 18.9 Å². The van der Waals surface area contributed by atoms with Crippen molar-refractivity contribution in [3.05, 3.63) is 48.4 Å². The maximum Gasteiger partial charge on any atom is 0.234 e. The molecule has 2 N–H and O–H groups in total. The number of amides is 1. The Morgan fingerprint density at radius 3 is 3.00 bits per heavy atom. The second-order valence-corrected chi connectivity index (χ2v) is 6.16. The normalized spacial score (nSPS) is 15.2. The monoisotopic (exact) mass is 354 g/mol. The Balaban J connectivity index is 1.55. The molecule has 1 saturated heterocycles. The van der Waals surface area contributed by atoms with E-state index < -0.39 is 0 Å². The van der Waals surface area contributed by atoms with Crippen LogP contribution in [0.15, 0.2) is 42.6 Å². The Labute approximate surface area is 149 Å². The van der Waals surface area contributed by atoms with Crippen molar-refractivity contribution in [3.8, 4) is 11.3 Å². The lowest BCUT2D eigenvalue weighted by Crippen LogP contribution is -2.48. The lowest BCUT2D eigenvalue weighted by Gasteiger charge is -2.26. The zero-order chi connectivity index (χ0) is 17.9. The lowest BCUT2D eigenvalue weighted by atomic mass is 10.1. The molecule has 0 spiro atoms. The van der Waals surface area contributed by atoms with Gasteiger partial charge >= 0.3 is 0 Å². The largest absolute Gasteiger partial charge is 0.369 e. The smallest absolute Gasteiger partial charge is 0.234 e. The van der Waals surface area contributed by atoms with Gasteiger partial charge in [-0.05, 0) is 12.1 Å². The number of aromatic nitrogens is 3. The van der Waals surface area contributed by atoms with Crippen LogP contribution in [0.5, 0.6) is 0 Å². The molecule has 26 heavy (non-hydrogen) atoms. The molecule has 1 aliphatic heterocycles. The number of hydrogen-bond donors (Lipinski definition) is 2. The molecule has 7 nitrogen and oxygen atoms in total. The van der Waals surface area contributed by atoms with Crippen LogP contribution >= 0.6 is 0 Å². The van der Waals surface area contributed by atoms with Crippen LogP contribution in [0.3, 0.4) is 0 Å². The van der Waals surface area contributed by atoms with Crippen LogP contribution in [-0.4, -0.2) is 58.1 Å². The highest BCUT2D eigenvalue weighted by molar-refractivity contribution is 5.78. The molecule has 0 bridgehead atoms. The highest BCUT2D eigenvalue weighted by Crippen LogP contribution is 2.24. The van der Waals surface area contributed by atoms with Crippen LogP contribution in [0, 0.1) is 5.82 Å². The second kappa shape index (κ2) is 7.09. The molecule has 1 amide bonds. The SMILES string of the molecule is O=C1CN(CCNc2cc(-c3ccccc3F)nc3ccnn23)CCN1. The van der Waals surface area contributed by atoms with Gasteiger partial charge in [-0.25, -0.2) is 9.37 Å². The average Bonchev–Trinajstić information content (AvgIpc) is 3.11. The van der Waals surface area contributed by atoms with E-state index in [4.69, 9.17) is 0 Å². The number of piperazine rings is 1. The predicted molar refractivity (Wildman–Crippen MR) is 96.3 cm³/mol. The fourth-order valence-electron chi connectivity index (χ4n) is 3.07. The molecule has 1 aromatic carbocycles. The summed E-state index contributed by atoms with van der Waals surface area (Å²) >= 11 is 0. The van der Waals surface area contributed by atoms with Gasteiger partial charge in [0.2, 0.25) is 5.91 Å². The minimum absolute atomic E-state index is 0.0523. The van der Waals surface area contributed by atoms with Crippen LogP contribution in [-0.2, 0) is 4.79 Å². The summed E-state index contributed by atoms with van der Waals surface area (Å²) < 4.78 is 15.8. The molecule has 0 aliphatic carbocycles. The van der Waals surface area contributed by atoms with Gasteiger partial charge in [0.25, 0.3) is 0 Å². The summed E-state index contributed by atoms with van der Waals surface area (Å²) in [6, 6.07) is 10.2. The number of halogens is 1. The van der Waals surface area contributed by atoms with E-state index in [9.17, 15) is 9.18 Å². The maximum absolute atomic E-state index is 14.1. The summed E-state index contributed by atoms with van der Waals surface area (Å²) in [5.41, 5.74) is 1.65. The molecular weight excluding hydrogens is 335 g/mol. The Morgan fingerprint density at radius 1 is 1.27 bits per heavy atom. The molecule has 8 heteroatoms. The van der Waals surface area contributed by atoms with Crippen molar-refractivity contribution in [2.24, 2.45) is 0 Å². The fourth-order valence-corrected chi connectivity index (χ4v) is 3.07. The molecular formula is C18H19FN6O. The summed E-state index contributed by atoms with van der Waals surface area (Å²) in [6.45, 7) is 3.29. The first-order chi connectivity index (χ1) is 12.7. The number of nitrogens with zero attached hydrogens (tertiary/aromatic N) is 4. The number of benzene rings is 1. The van der Waals surface area contributed by atoms with Crippen molar-refractivity contribution in [3.63, 3.8) is 0 Å². The van der Waals surface area contributed by atoms with Crippen LogP contribution in [0.1, 0.15) is 0 Å². The van der Waals surface area contributed by atoms with E-state index in [1.54, 1.807) is 41.0 Å². The summed E-state index contributed by atoms with van der Waals surface area (Å²) in [6.07, 6.45) is 1.66. The molecule has 0 saturated carbocycles. The molecule has 134 valence electrons. The Morgan fingerprint density at radius 2 is 2.15 bits per heavy atom. The van der Waals surface area contributed by atoms with E-state index in [1.807, 2.05) is 0 Å². The van der Waals surface area contributed by atoms with Crippen molar-refractivity contribution in [2.75, 3.05) is 38.0 Å². The van der Waals surface area contributed by atoms with Crippen molar-refractivity contribution in [2.45, 2.75) is 0 Å². The zero-order valence-corrected chi connectivity index (χ0v) is 14.2. The number of fused-ring (bicyclic) bond motifs is 1. The van der Waals surface area contributed by atoms with Crippen molar-refractivity contribution >= 4 is 17.4 Å². The first-order valence-electron chi connectivity index (χ1n) is 8.53. The van der Waals surface area contributed by atoms with Gasteiger partial charge < -0.3 is 10.6 Å². The Kier molecular flexibility index (Phi) is 4.49. The predicted octanol–water partition coefficient (Wildman–Crippen LogP) is 1.38. The maximum atomic E-state index is 14.1. The second-order valence-electron chi connectivity index (χ2n) is 6.16. The van der Waals surface area contributed by atoms with E-state index in [0.29, 0.717) is 36.5 Å². The zero-order valence-electron chi connectivity index (χ0n) is 14.2. The molecule has 2 aromatic heterocycles. The highest BCUT2D eigenvalue weighted by atomic mass is 19.1. The molecule has 1 aliphatic rings. The van der Waals surface area contributed by atoms with Gasteiger partial charge in [0.05, 0.1) is 18.4 Å². The van der Waals surface area contributed by atoms with Gasteiger partial charge in [-0.3, -0.25) is 9.69 Å². The molecule has 0 atom stereocenters. The number of hydrogen-bond acceptors (Lipinski definition) is 5. The quantitative estimate of drug-likeness (QED) is 0.724. The average molecular weight is 354 g/mol. The van der Waals surface area contributed by atoms with E-state index in [-0.39, 0.29) is 11.7 Å². The number of rotatable bonds is 5. The van der Waals surface area contributed by atoms with Gasteiger partial charge in [-0.2, -0.15) is 9.61 Å². The van der Waals surface area contributed by atoms with Crippen molar-refractivity contribution in [1.29, 1.82) is 0 Å². The van der Waals surface area contributed by atoms with Crippen molar-refractivity contribution in [1.82, 2.24) is 24.8 Å². The number of anilines is 1. The Bertz CT molecular complexity index is 940. The fraction of sp³-hybridized carbons (Fsp3) is 0.278. The molecule has 0 unspecified atom stereocenters. The minimum Gasteiger partial charge on any atom is -0.369 e. The standard InChI is InChI=1S/C18H19FN6O/c19-14-4-2-1-3-13(14)15-11-17(25-16(23-15)5-6-22-25)20-7-9-24-10-8-21-18(26)12-24/h1-6,11,20H,7-10,12H2,(H,21,26). The molecule has 0 radical (unpaired) electrons. The molecule has 3 aromatic rings. The topological polar surface area (TPSA) is 74.6 Å². The summed E-state index contributed by atoms with van der Waals surface area (Å²) in [5.74, 6) is 0.477. The first-order valence-corrected chi connectivity index (χ1v) is 8.53. The summed E-state index contributed by atoms with van der Waals surface area (Å²) in [4.78, 5) is 18.0. The summed E-state index contributed by atoms with van der Waals surface area (Å²) in [5, 5.41) is 10.4. The Hall–Kier alpha value is -3.00. The number of carbonyl (C=O) groups is 1. The first kappa shape index (κ1) is 16.5. The lowest BCUT2D eigenvalue weighted by molar-refractivity contribution is -0.124. The third kappa shape index (κ3) is 3.36. The van der Waals surface area contributed by atoms with Gasteiger partial charge in [0.15, 0.2) is 5.65 Å². The van der Waals surface area contributed by atoms with Gasteiger partial charge in [-0.1, -0.05) is 12.1 Å². The number of nitrogens with one attached hydrogen (secondary N) is 2. The van der Waals surface area contributed by atoms with E-state index >= 15 is 0 Å². The van der Waals surface area contributed by atoms with Crippen LogP contribution in [0.4, 0.5) is 10.2 Å². The van der Waals surface area contributed by atoms with Crippen LogP contribution in [0.2, 0.25) is 0 Å². The van der Waals surface area contributed by atoms with Gasteiger partial charge in [0.1, 0.15) is 11.6 Å². The van der Waals surface area contributed by atoms with Crippen LogP contribution < -0.4 is 10.6 Å². The van der Waals surface area contributed by atoms with E-state index in [1.165, 1.54) is 6.07 Å². The minimum atomic E-state index is -0.311. The molecule has 4 rings (SSSR count). The molecule has 1 fully saturated rings. The number of carbonyl (C=O) groups excluding carboxylic acids is 1. The third-order valence-corrected chi connectivity index (χ3v) is 4.36. The van der Waals surface area contributed by atoms with E-state index in [2.05, 4.69) is 25.6 Å². The third-order valence-electron chi connectivity index (χ3n) is 4.36. The van der Waals surface area contributed by atoms with Gasteiger partial charge in [0, 0.05) is 43.9 Å². The molecule has 3 heterocycles. The summed E-state index contributed by atoms with van der Waals surface area (Å²) in [7, 11) is 0. The van der Waals surface area contributed by atoms with Crippen molar-refractivity contribution < 1.29 is 9.18 Å².